The van der Waals surface area contributed by atoms with Crippen molar-refractivity contribution in [1.82, 2.24) is 0 Å². The van der Waals surface area contributed by atoms with E-state index in [0.717, 1.165) is 0 Å². The Labute approximate surface area is 64.1 Å². The maximum absolute atomic E-state index is 5.97. The lowest BCUT2D eigenvalue weighted by Gasteiger charge is -2.17. The van der Waals surface area contributed by atoms with E-state index in [-0.39, 0.29) is 11.8 Å². The molecule has 2 rings (SSSR count). The standard InChI is InChI=1S/C7H6Cl2/c8-7(9)5-1-2-6(7)4-3-5/h1-6H. The van der Waals surface area contributed by atoms with Crippen molar-refractivity contribution in [2.75, 3.05) is 0 Å². The van der Waals surface area contributed by atoms with Gasteiger partial charge in [-0.25, -0.2) is 0 Å². The van der Waals surface area contributed by atoms with Gasteiger partial charge in [-0.3, -0.25) is 0 Å². The molecule has 0 spiro atoms. The van der Waals surface area contributed by atoms with Gasteiger partial charge in [-0.2, -0.15) is 0 Å². The predicted molar refractivity (Wildman–Crippen MR) is 39.7 cm³/mol. The van der Waals surface area contributed by atoms with Crippen LogP contribution in [-0.2, 0) is 0 Å². The van der Waals surface area contributed by atoms with Crippen molar-refractivity contribution in [2.45, 2.75) is 4.33 Å². The van der Waals surface area contributed by atoms with Crippen LogP contribution in [0.3, 0.4) is 0 Å². The SMILES string of the molecule is ClC1(Cl)C2C=CC1C=C2. The molecule has 0 N–H and O–H groups in total. The Kier molecular flexibility index (Phi) is 1.01. The lowest BCUT2D eigenvalue weighted by atomic mass is 10.1. The van der Waals surface area contributed by atoms with Crippen molar-refractivity contribution >= 4 is 23.2 Å². The molecule has 0 atom stereocenters. The summed E-state index contributed by atoms with van der Waals surface area (Å²) in [5.41, 5.74) is 0. The third kappa shape index (κ3) is 0.608. The van der Waals surface area contributed by atoms with Gasteiger partial charge in [-0.15, -0.1) is 0 Å². The third-order valence-corrected chi connectivity index (χ3v) is 2.95. The van der Waals surface area contributed by atoms with Crippen LogP contribution in [0.25, 0.3) is 0 Å². The Morgan fingerprint density at radius 1 is 0.889 bits per heavy atom. The van der Waals surface area contributed by atoms with Crippen LogP contribution in [0.5, 0.6) is 0 Å². The highest BCUT2D eigenvalue weighted by Crippen LogP contribution is 2.50. The largest absolute Gasteiger partial charge is 0.137 e. The second kappa shape index (κ2) is 1.56. The number of fused-ring (bicyclic) bond motifs is 2. The molecule has 2 aliphatic rings. The zero-order chi connectivity index (χ0) is 6.48. The molecular formula is C7H6Cl2. The summed E-state index contributed by atoms with van der Waals surface area (Å²) < 4.78 is -0.556. The summed E-state index contributed by atoms with van der Waals surface area (Å²) in [6.07, 6.45) is 8.24. The lowest BCUT2D eigenvalue weighted by Crippen LogP contribution is -2.19. The van der Waals surface area contributed by atoms with Crippen LogP contribution in [0.4, 0.5) is 0 Å². The van der Waals surface area contributed by atoms with Crippen LogP contribution in [0.1, 0.15) is 0 Å². The fraction of sp³-hybridized carbons (Fsp3) is 0.429. The Bertz CT molecular complexity index is 159. The summed E-state index contributed by atoms with van der Waals surface area (Å²) in [6.45, 7) is 0. The van der Waals surface area contributed by atoms with Gasteiger partial charge in [0, 0.05) is 11.8 Å². The van der Waals surface area contributed by atoms with E-state index in [1.165, 1.54) is 0 Å². The number of rotatable bonds is 0. The van der Waals surface area contributed by atoms with Gasteiger partial charge in [0.2, 0.25) is 0 Å². The molecule has 0 nitrogen and oxygen atoms in total. The van der Waals surface area contributed by atoms with E-state index in [1.807, 2.05) is 0 Å². The molecule has 0 saturated carbocycles. The number of alkyl halides is 2. The Hall–Kier alpha value is 0.0600. The van der Waals surface area contributed by atoms with Gasteiger partial charge in [-0.05, 0) is 0 Å². The van der Waals surface area contributed by atoms with E-state index in [4.69, 9.17) is 23.2 Å². The third-order valence-electron chi connectivity index (χ3n) is 1.94. The smallest absolute Gasteiger partial charge is 0.0996 e. The van der Waals surface area contributed by atoms with Crippen molar-refractivity contribution in [2.24, 2.45) is 11.8 Å². The van der Waals surface area contributed by atoms with Gasteiger partial charge in [-0.1, -0.05) is 47.5 Å². The van der Waals surface area contributed by atoms with Gasteiger partial charge in [0.05, 0.1) is 0 Å². The Balaban J connectivity index is 2.40. The molecule has 0 radical (unpaired) electrons. The zero-order valence-corrected chi connectivity index (χ0v) is 6.23. The van der Waals surface area contributed by atoms with E-state index < -0.39 is 4.33 Å². The molecule has 48 valence electrons. The number of hydrogen-bond donors (Lipinski definition) is 0. The molecule has 0 unspecified atom stereocenters. The summed E-state index contributed by atoms with van der Waals surface area (Å²) in [4.78, 5) is 0. The van der Waals surface area contributed by atoms with Gasteiger partial charge < -0.3 is 0 Å². The molecule has 2 aliphatic carbocycles. The van der Waals surface area contributed by atoms with E-state index in [2.05, 4.69) is 24.3 Å². The quantitative estimate of drug-likeness (QED) is 0.378. The number of halogens is 2. The first-order valence-electron chi connectivity index (χ1n) is 2.96. The first kappa shape index (κ1) is 5.82. The van der Waals surface area contributed by atoms with Crippen molar-refractivity contribution in [3.8, 4) is 0 Å². The average molecular weight is 161 g/mol. The van der Waals surface area contributed by atoms with Gasteiger partial charge in [0.15, 0.2) is 0 Å². The highest BCUT2D eigenvalue weighted by molar-refractivity contribution is 6.49. The summed E-state index contributed by atoms with van der Waals surface area (Å²) in [6, 6.07) is 0. The van der Waals surface area contributed by atoms with Crippen molar-refractivity contribution < 1.29 is 0 Å². The lowest BCUT2D eigenvalue weighted by molar-refractivity contribution is 0.674. The molecule has 2 heteroatoms. The highest BCUT2D eigenvalue weighted by atomic mass is 35.5. The van der Waals surface area contributed by atoms with Gasteiger partial charge >= 0.3 is 0 Å². The van der Waals surface area contributed by atoms with Crippen LogP contribution < -0.4 is 0 Å². The van der Waals surface area contributed by atoms with E-state index in [0.29, 0.717) is 0 Å². The molecule has 0 aromatic carbocycles. The average Bonchev–Trinajstić information content (AvgIpc) is 2.24. The zero-order valence-electron chi connectivity index (χ0n) is 4.72. The molecular weight excluding hydrogens is 155 g/mol. The second-order valence-corrected chi connectivity index (χ2v) is 3.94. The molecule has 0 heterocycles. The normalized spacial score (nSPS) is 42.4. The first-order chi connectivity index (χ1) is 4.21. The number of allylic oxidation sites excluding steroid dienone is 4. The molecule has 9 heavy (non-hydrogen) atoms. The van der Waals surface area contributed by atoms with E-state index in [9.17, 15) is 0 Å². The minimum absolute atomic E-state index is 0.255. The van der Waals surface area contributed by atoms with Crippen molar-refractivity contribution in [3.05, 3.63) is 24.3 Å². The maximum Gasteiger partial charge on any atom is 0.137 e. The molecule has 0 aliphatic heterocycles. The van der Waals surface area contributed by atoms with Gasteiger partial charge in [0.1, 0.15) is 4.33 Å². The minimum atomic E-state index is -0.556. The van der Waals surface area contributed by atoms with Crippen LogP contribution in [0.15, 0.2) is 24.3 Å². The number of hydrogen-bond acceptors (Lipinski definition) is 0. The van der Waals surface area contributed by atoms with E-state index in [1.54, 1.807) is 0 Å². The molecule has 0 aromatic rings. The van der Waals surface area contributed by atoms with Crippen molar-refractivity contribution in [1.29, 1.82) is 0 Å². The monoisotopic (exact) mass is 160 g/mol. The van der Waals surface area contributed by atoms with Crippen LogP contribution >= 0.6 is 23.2 Å². The summed E-state index contributed by atoms with van der Waals surface area (Å²) in [5, 5.41) is 0. The maximum atomic E-state index is 5.97. The molecule has 0 saturated heterocycles. The van der Waals surface area contributed by atoms with Crippen LogP contribution in [-0.4, -0.2) is 4.33 Å². The highest BCUT2D eigenvalue weighted by Gasteiger charge is 2.45. The molecule has 0 aromatic heterocycles. The molecule has 0 fully saturated rings. The topological polar surface area (TPSA) is 0 Å². The minimum Gasteiger partial charge on any atom is -0.0996 e. The Morgan fingerprint density at radius 2 is 1.22 bits per heavy atom. The first-order valence-corrected chi connectivity index (χ1v) is 3.71. The summed E-state index contributed by atoms with van der Waals surface area (Å²) >= 11 is 11.9. The fourth-order valence-corrected chi connectivity index (χ4v) is 1.92. The molecule has 2 bridgehead atoms. The van der Waals surface area contributed by atoms with Gasteiger partial charge in [0.25, 0.3) is 0 Å². The predicted octanol–water partition coefficient (Wildman–Crippen LogP) is 2.53. The molecule has 0 amide bonds. The summed E-state index contributed by atoms with van der Waals surface area (Å²) in [5.74, 6) is 0.511. The summed E-state index contributed by atoms with van der Waals surface area (Å²) in [7, 11) is 0. The Morgan fingerprint density at radius 3 is 1.33 bits per heavy atom. The van der Waals surface area contributed by atoms with Crippen molar-refractivity contribution in [3.63, 3.8) is 0 Å². The fourth-order valence-electron chi connectivity index (χ4n) is 1.34. The van der Waals surface area contributed by atoms with E-state index >= 15 is 0 Å². The van der Waals surface area contributed by atoms with Crippen LogP contribution in [0, 0.1) is 11.8 Å². The van der Waals surface area contributed by atoms with Crippen LogP contribution in [0.2, 0.25) is 0 Å². The second-order valence-electron chi connectivity index (χ2n) is 2.50.